The van der Waals surface area contributed by atoms with E-state index in [4.69, 9.17) is 16.0 Å². The number of aryl methyl sites for hydroxylation is 1. The molecule has 0 aliphatic carbocycles. The zero-order chi connectivity index (χ0) is 13.8. The molecular weight excluding hydrogens is 268 g/mol. The van der Waals surface area contributed by atoms with Crippen LogP contribution in [0.25, 0.3) is 0 Å². The molecule has 0 spiro atoms. The topological polar surface area (TPSA) is 64.4 Å². The normalized spacial score (nSPS) is 10.3. The Kier molecular flexibility index (Phi) is 4.06. The summed E-state index contributed by atoms with van der Waals surface area (Å²) in [6.45, 7) is 2.32. The summed E-state index contributed by atoms with van der Waals surface area (Å²) < 4.78 is 9.73. The van der Waals surface area contributed by atoms with E-state index in [2.05, 4.69) is 15.0 Å². The van der Waals surface area contributed by atoms with E-state index in [0.29, 0.717) is 22.9 Å². The summed E-state index contributed by atoms with van der Waals surface area (Å²) in [5, 5.41) is 3.50. The Balaban J connectivity index is 2.13. The molecule has 19 heavy (non-hydrogen) atoms. The Morgan fingerprint density at radius 2 is 2.37 bits per heavy atom. The summed E-state index contributed by atoms with van der Waals surface area (Å²) in [5.74, 6) is -0.318. The lowest BCUT2D eigenvalue weighted by molar-refractivity contribution is 0.0563. The number of nitrogens with one attached hydrogen (secondary N) is 1. The Morgan fingerprint density at radius 1 is 1.58 bits per heavy atom. The number of furan rings is 1. The molecule has 2 rings (SSSR count). The summed E-state index contributed by atoms with van der Waals surface area (Å²) in [6, 6.07) is 3.59. The first-order valence-electron chi connectivity index (χ1n) is 5.62. The summed E-state index contributed by atoms with van der Waals surface area (Å²) in [4.78, 5) is 15.5. The van der Waals surface area contributed by atoms with Crippen molar-refractivity contribution in [2.45, 2.75) is 13.5 Å². The molecule has 0 aliphatic heterocycles. The largest absolute Gasteiger partial charge is 0.463 e. The minimum atomic E-state index is -0.504. The maximum atomic E-state index is 11.4. The van der Waals surface area contributed by atoms with Gasteiger partial charge in [-0.1, -0.05) is 11.6 Å². The van der Waals surface area contributed by atoms with Crippen LogP contribution in [-0.4, -0.2) is 18.1 Å². The molecule has 2 aromatic rings. The van der Waals surface area contributed by atoms with Gasteiger partial charge < -0.3 is 14.5 Å². The molecular formula is C13H13ClN2O3. The van der Waals surface area contributed by atoms with Gasteiger partial charge in [0.05, 0.1) is 19.1 Å². The van der Waals surface area contributed by atoms with E-state index in [9.17, 15) is 4.79 Å². The first-order valence-corrected chi connectivity index (χ1v) is 6.00. The van der Waals surface area contributed by atoms with Crippen LogP contribution in [0.1, 0.15) is 21.7 Å². The second-order valence-electron chi connectivity index (χ2n) is 3.97. The van der Waals surface area contributed by atoms with E-state index >= 15 is 0 Å². The Morgan fingerprint density at radius 3 is 3.11 bits per heavy atom. The van der Waals surface area contributed by atoms with Crippen LogP contribution in [0.15, 0.2) is 29.0 Å². The fourth-order valence-electron chi connectivity index (χ4n) is 1.61. The molecule has 0 radical (unpaired) electrons. The number of methoxy groups -OCH3 is 1. The third kappa shape index (κ3) is 3.06. The fraction of sp³-hybridized carbons (Fsp3) is 0.231. The Bertz CT molecular complexity index is 595. The van der Waals surface area contributed by atoms with Gasteiger partial charge >= 0.3 is 5.97 Å². The number of anilines is 1. The van der Waals surface area contributed by atoms with Crippen LogP contribution in [0, 0.1) is 6.92 Å². The van der Waals surface area contributed by atoms with Gasteiger partial charge in [0.15, 0.2) is 5.15 Å². The third-order valence-electron chi connectivity index (χ3n) is 2.56. The van der Waals surface area contributed by atoms with Gasteiger partial charge in [0, 0.05) is 18.3 Å². The smallest absolute Gasteiger partial charge is 0.374 e. The van der Waals surface area contributed by atoms with Crippen LogP contribution in [0.5, 0.6) is 0 Å². The van der Waals surface area contributed by atoms with Crippen LogP contribution in [0.4, 0.5) is 5.69 Å². The van der Waals surface area contributed by atoms with Crippen molar-refractivity contribution >= 4 is 23.3 Å². The number of aromatic nitrogens is 1. The molecule has 1 N–H and O–H groups in total. The van der Waals surface area contributed by atoms with E-state index in [0.717, 1.165) is 5.56 Å². The van der Waals surface area contributed by atoms with Crippen molar-refractivity contribution in [2.24, 2.45) is 0 Å². The second kappa shape index (κ2) is 5.75. The zero-order valence-electron chi connectivity index (χ0n) is 10.6. The Hall–Kier alpha value is -2.01. The lowest BCUT2D eigenvalue weighted by Crippen LogP contribution is -2.07. The average Bonchev–Trinajstić information content (AvgIpc) is 2.87. The fourth-order valence-corrected chi connectivity index (χ4v) is 1.78. The van der Waals surface area contributed by atoms with Gasteiger partial charge in [-0.05, 0) is 24.6 Å². The molecule has 0 amide bonds. The number of hydrogen-bond acceptors (Lipinski definition) is 5. The predicted molar refractivity (Wildman–Crippen MR) is 71.4 cm³/mol. The van der Waals surface area contributed by atoms with Crippen molar-refractivity contribution in [3.63, 3.8) is 0 Å². The highest BCUT2D eigenvalue weighted by atomic mass is 35.5. The molecule has 0 saturated heterocycles. The average molecular weight is 281 g/mol. The number of carbonyl (C=O) groups excluding carboxylic acids is 1. The van der Waals surface area contributed by atoms with E-state index in [1.165, 1.54) is 13.4 Å². The molecule has 0 atom stereocenters. The maximum absolute atomic E-state index is 11.4. The third-order valence-corrected chi connectivity index (χ3v) is 2.86. The SMILES string of the molecule is COC(=O)c1occc1CNc1cc(C)cnc1Cl. The lowest BCUT2D eigenvalue weighted by Gasteiger charge is -2.08. The quantitative estimate of drug-likeness (QED) is 0.689. The van der Waals surface area contributed by atoms with Crippen molar-refractivity contribution < 1.29 is 13.9 Å². The van der Waals surface area contributed by atoms with Crippen molar-refractivity contribution in [1.82, 2.24) is 4.98 Å². The number of ether oxygens (including phenoxy) is 1. The van der Waals surface area contributed by atoms with Gasteiger partial charge in [0.2, 0.25) is 5.76 Å². The minimum Gasteiger partial charge on any atom is -0.463 e. The highest BCUT2D eigenvalue weighted by Crippen LogP contribution is 2.21. The van der Waals surface area contributed by atoms with Gasteiger partial charge in [0.1, 0.15) is 0 Å². The van der Waals surface area contributed by atoms with Crippen LogP contribution in [0.3, 0.4) is 0 Å². The summed E-state index contributed by atoms with van der Waals surface area (Å²) in [5.41, 5.74) is 2.40. The first-order chi connectivity index (χ1) is 9.11. The van der Waals surface area contributed by atoms with Crippen LogP contribution < -0.4 is 5.32 Å². The van der Waals surface area contributed by atoms with E-state index in [1.54, 1.807) is 12.3 Å². The highest BCUT2D eigenvalue weighted by molar-refractivity contribution is 6.31. The first kappa shape index (κ1) is 13.4. The van der Waals surface area contributed by atoms with Gasteiger partial charge in [-0.3, -0.25) is 0 Å². The number of rotatable bonds is 4. The molecule has 0 saturated carbocycles. The monoisotopic (exact) mass is 280 g/mol. The zero-order valence-corrected chi connectivity index (χ0v) is 11.3. The highest BCUT2D eigenvalue weighted by Gasteiger charge is 2.15. The maximum Gasteiger partial charge on any atom is 0.374 e. The molecule has 0 bridgehead atoms. The number of nitrogens with zero attached hydrogens (tertiary/aromatic N) is 1. The van der Waals surface area contributed by atoms with E-state index < -0.39 is 5.97 Å². The number of carbonyl (C=O) groups is 1. The van der Waals surface area contributed by atoms with Crippen molar-refractivity contribution in [1.29, 1.82) is 0 Å². The second-order valence-corrected chi connectivity index (χ2v) is 4.33. The van der Waals surface area contributed by atoms with E-state index in [-0.39, 0.29) is 5.76 Å². The molecule has 0 aliphatic rings. The Labute approximate surface area is 115 Å². The van der Waals surface area contributed by atoms with Gasteiger partial charge in [-0.25, -0.2) is 9.78 Å². The molecule has 0 unspecified atom stereocenters. The summed E-state index contributed by atoms with van der Waals surface area (Å²) >= 11 is 5.98. The lowest BCUT2D eigenvalue weighted by atomic mass is 10.2. The predicted octanol–water partition coefficient (Wildman–Crippen LogP) is 3.04. The van der Waals surface area contributed by atoms with Gasteiger partial charge in [-0.2, -0.15) is 0 Å². The number of hydrogen-bond donors (Lipinski definition) is 1. The number of esters is 1. The van der Waals surface area contributed by atoms with Crippen LogP contribution >= 0.6 is 11.6 Å². The minimum absolute atomic E-state index is 0.187. The molecule has 0 aromatic carbocycles. The molecule has 0 fully saturated rings. The van der Waals surface area contributed by atoms with Crippen LogP contribution in [-0.2, 0) is 11.3 Å². The molecule has 5 nitrogen and oxygen atoms in total. The van der Waals surface area contributed by atoms with Crippen LogP contribution in [0.2, 0.25) is 5.15 Å². The number of halogens is 1. The summed E-state index contributed by atoms with van der Waals surface area (Å²) in [7, 11) is 1.31. The van der Waals surface area contributed by atoms with E-state index in [1.807, 2.05) is 13.0 Å². The summed E-state index contributed by atoms with van der Waals surface area (Å²) in [6.07, 6.45) is 3.13. The van der Waals surface area contributed by atoms with Gasteiger partial charge in [-0.15, -0.1) is 0 Å². The van der Waals surface area contributed by atoms with Gasteiger partial charge in [0.25, 0.3) is 0 Å². The molecule has 2 heterocycles. The van der Waals surface area contributed by atoms with Crippen molar-refractivity contribution in [2.75, 3.05) is 12.4 Å². The van der Waals surface area contributed by atoms with Crippen molar-refractivity contribution in [3.8, 4) is 0 Å². The number of pyridine rings is 1. The molecule has 2 aromatic heterocycles. The standard InChI is InChI=1S/C13H13ClN2O3/c1-8-5-10(12(14)16-6-8)15-7-9-3-4-19-11(9)13(17)18-2/h3-6,15H,7H2,1-2H3. The van der Waals surface area contributed by atoms with Crippen molar-refractivity contribution in [3.05, 3.63) is 46.6 Å². The molecule has 6 heteroatoms. The molecule has 100 valence electrons.